The molecule has 0 bridgehead atoms. The third-order valence-electron chi connectivity index (χ3n) is 0.895. The minimum Gasteiger partial charge on any atom is -0.324 e. The van der Waals surface area contributed by atoms with Gasteiger partial charge in [0.05, 0.1) is 6.54 Å². The molecule has 0 saturated heterocycles. The Labute approximate surface area is 59.9 Å². The molecule has 0 fully saturated rings. The molecule has 0 aliphatic carbocycles. The Morgan fingerprint density at radius 1 is 1.60 bits per heavy atom. The molecular weight excluding hydrogens is 128 g/mol. The lowest BCUT2D eigenvalue weighted by Gasteiger charge is -1.92. The number of ketones is 1. The van der Waals surface area contributed by atoms with Crippen molar-refractivity contribution in [3.05, 3.63) is 25.4 Å². The van der Waals surface area contributed by atoms with Gasteiger partial charge < -0.3 is 5.73 Å². The standard InChI is InChI=1S/C7H10N2O/c1-3-6(9-4-2)7(10)5-8/h3-4H,1-2,5,8H2. The molecule has 0 radical (unpaired) electrons. The third-order valence-corrected chi connectivity index (χ3v) is 0.895. The lowest BCUT2D eigenvalue weighted by Crippen LogP contribution is -2.21. The van der Waals surface area contributed by atoms with E-state index in [-0.39, 0.29) is 18.0 Å². The summed E-state index contributed by atoms with van der Waals surface area (Å²) in [5.74, 6) is -0.227. The average Bonchev–Trinajstić information content (AvgIpc) is 1.99. The number of hydrogen-bond donors (Lipinski definition) is 1. The monoisotopic (exact) mass is 138 g/mol. The SMILES string of the molecule is C=CN=C(C=C)C(=O)CN. The van der Waals surface area contributed by atoms with Gasteiger partial charge in [0, 0.05) is 6.20 Å². The third kappa shape index (κ3) is 2.37. The number of nitrogens with two attached hydrogens (primary N) is 1. The number of allylic oxidation sites excluding steroid dienone is 1. The summed E-state index contributed by atoms with van der Waals surface area (Å²) in [7, 11) is 0. The predicted molar refractivity (Wildman–Crippen MR) is 41.9 cm³/mol. The van der Waals surface area contributed by atoms with Gasteiger partial charge in [0.15, 0.2) is 5.78 Å². The molecule has 0 aromatic rings. The second kappa shape index (κ2) is 4.64. The Morgan fingerprint density at radius 2 is 2.20 bits per heavy atom. The van der Waals surface area contributed by atoms with Gasteiger partial charge in [0.2, 0.25) is 0 Å². The van der Waals surface area contributed by atoms with Gasteiger partial charge in [0.25, 0.3) is 0 Å². The van der Waals surface area contributed by atoms with E-state index in [0.717, 1.165) is 0 Å². The number of carbonyl (C=O) groups is 1. The van der Waals surface area contributed by atoms with Gasteiger partial charge in [0.1, 0.15) is 5.71 Å². The van der Waals surface area contributed by atoms with E-state index < -0.39 is 0 Å². The summed E-state index contributed by atoms with van der Waals surface area (Å²) >= 11 is 0. The zero-order valence-electron chi connectivity index (χ0n) is 5.71. The first-order valence-corrected chi connectivity index (χ1v) is 2.80. The van der Waals surface area contributed by atoms with Gasteiger partial charge in [-0.2, -0.15) is 0 Å². The van der Waals surface area contributed by atoms with Crippen LogP contribution in [0.3, 0.4) is 0 Å². The molecule has 0 heterocycles. The zero-order valence-corrected chi connectivity index (χ0v) is 5.71. The fourth-order valence-corrected chi connectivity index (χ4v) is 0.441. The highest BCUT2D eigenvalue weighted by atomic mass is 16.1. The van der Waals surface area contributed by atoms with Gasteiger partial charge in [-0.05, 0) is 6.08 Å². The van der Waals surface area contributed by atoms with Crippen LogP contribution >= 0.6 is 0 Å². The van der Waals surface area contributed by atoms with Gasteiger partial charge in [-0.3, -0.25) is 9.79 Å². The zero-order chi connectivity index (χ0) is 7.98. The van der Waals surface area contributed by atoms with Crippen LogP contribution in [0.5, 0.6) is 0 Å². The van der Waals surface area contributed by atoms with Crippen molar-refractivity contribution in [3.63, 3.8) is 0 Å². The Balaban J connectivity index is 4.34. The summed E-state index contributed by atoms with van der Waals surface area (Å²) in [5.41, 5.74) is 5.33. The van der Waals surface area contributed by atoms with E-state index in [1.165, 1.54) is 12.3 Å². The fourth-order valence-electron chi connectivity index (χ4n) is 0.441. The highest BCUT2D eigenvalue weighted by Crippen LogP contribution is 1.82. The van der Waals surface area contributed by atoms with E-state index in [1.54, 1.807) is 0 Å². The second-order valence-electron chi connectivity index (χ2n) is 1.53. The molecule has 0 aliphatic rings. The van der Waals surface area contributed by atoms with E-state index >= 15 is 0 Å². The van der Waals surface area contributed by atoms with E-state index in [9.17, 15) is 4.79 Å². The molecule has 0 saturated carbocycles. The molecule has 0 amide bonds. The van der Waals surface area contributed by atoms with Crippen LogP contribution < -0.4 is 5.73 Å². The summed E-state index contributed by atoms with van der Waals surface area (Å²) in [6.07, 6.45) is 2.64. The normalized spacial score (nSPS) is 10.7. The molecule has 0 aromatic heterocycles. The Kier molecular flexibility index (Phi) is 4.07. The fraction of sp³-hybridized carbons (Fsp3) is 0.143. The number of hydrogen-bond acceptors (Lipinski definition) is 3. The van der Waals surface area contributed by atoms with Crippen molar-refractivity contribution < 1.29 is 4.79 Å². The summed E-state index contributed by atoms with van der Waals surface area (Å²) in [6, 6.07) is 0. The van der Waals surface area contributed by atoms with Crippen LogP contribution in [0.4, 0.5) is 0 Å². The molecule has 3 nitrogen and oxygen atoms in total. The van der Waals surface area contributed by atoms with Gasteiger partial charge >= 0.3 is 0 Å². The van der Waals surface area contributed by atoms with Crippen molar-refractivity contribution in [2.45, 2.75) is 0 Å². The number of Topliss-reactive ketones (excluding diaryl/α,β-unsaturated/α-hetero) is 1. The van der Waals surface area contributed by atoms with Crippen LogP contribution in [-0.2, 0) is 4.79 Å². The molecule has 0 unspecified atom stereocenters. The lowest BCUT2D eigenvalue weighted by atomic mass is 10.2. The molecule has 0 aliphatic heterocycles. The smallest absolute Gasteiger partial charge is 0.194 e. The first-order valence-electron chi connectivity index (χ1n) is 2.80. The summed E-state index contributed by atoms with van der Waals surface area (Å²) in [5, 5.41) is 0. The molecule has 0 atom stereocenters. The molecule has 10 heavy (non-hydrogen) atoms. The highest BCUT2D eigenvalue weighted by molar-refractivity contribution is 6.44. The summed E-state index contributed by atoms with van der Waals surface area (Å²) in [4.78, 5) is 14.4. The Hall–Kier alpha value is -1.22. The van der Waals surface area contributed by atoms with Gasteiger partial charge in [-0.15, -0.1) is 0 Å². The second-order valence-corrected chi connectivity index (χ2v) is 1.53. The number of nitrogens with zero attached hydrogens (tertiary/aromatic N) is 1. The number of carbonyl (C=O) groups excluding carboxylic acids is 1. The molecule has 2 N–H and O–H groups in total. The van der Waals surface area contributed by atoms with Crippen LogP contribution in [0, 0.1) is 0 Å². The molecule has 3 heteroatoms. The highest BCUT2D eigenvalue weighted by Gasteiger charge is 2.02. The minimum atomic E-state index is -0.227. The van der Waals surface area contributed by atoms with Gasteiger partial charge in [-0.1, -0.05) is 13.2 Å². The minimum absolute atomic E-state index is 0.0430. The van der Waals surface area contributed by atoms with Crippen molar-refractivity contribution in [1.29, 1.82) is 0 Å². The van der Waals surface area contributed by atoms with Crippen LogP contribution in [0.1, 0.15) is 0 Å². The number of aliphatic imine (C=N–C) groups is 1. The lowest BCUT2D eigenvalue weighted by molar-refractivity contribution is -0.111. The summed E-state index contributed by atoms with van der Waals surface area (Å²) in [6.45, 7) is 6.69. The van der Waals surface area contributed by atoms with Crippen LogP contribution in [0.2, 0.25) is 0 Å². The van der Waals surface area contributed by atoms with Crippen LogP contribution in [0.15, 0.2) is 30.4 Å². The predicted octanol–water partition coefficient (Wildman–Crippen LogP) is 0.285. The van der Waals surface area contributed by atoms with Crippen molar-refractivity contribution in [2.75, 3.05) is 6.54 Å². The molecule has 0 rings (SSSR count). The maximum Gasteiger partial charge on any atom is 0.194 e. The van der Waals surface area contributed by atoms with E-state index in [2.05, 4.69) is 18.2 Å². The largest absolute Gasteiger partial charge is 0.324 e. The first-order chi connectivity index (χ1) is 4.76. The molecule has 0 aromatic carbocycles. The van der Waals surface area contributed by atoms with Gasteiger partial charge in [-0.25, -0.2) is 0 Å². The van der Waals surface area contributed by atoms with Crippen LogP contribution in [-0.4, -0.2) is 18.0 Å². The maximum atomic E-state index is 10.8. The quantitative estimate of drug-likeness (QED) is 0.567. The first kappa shape index (κ1) is 8.78. The van der Waals surface area contributed by atoms with Crippen molar-refractivity contribution >= 4 is 11.5 Å². The maximum absolute atomic E-state index is 10.8. The molecule has 0 spiro atoms. The Bertz CT molecular complexity index is 182. The topological polar surface area (TPSA) is 55.5 Å². The van der Waals surface area contributed by atoms with E-state index in [4.69, 9.17) is 5.73 Å². The van der Waals surface area contributed by atoms with Crippen molar-refractivity contribution in [1.82, 2.24) is 0 Å². The van der Waals surface area contributed by atoms with E-state index in [1.807, 2.05) is 0 Å². The average molecular weight is 138 g/mol. The molecule has 54 valence electrons. The molecular formula is C7H10N2O. The van der Waals surface area contributed by atoms with Crippen molar-refractivity contribution in [2.24, 2.45) is 10.7 Å². The number of rotatable bonds is 4. The van der Waals surface area contributed by atoms with Crippen LogP contribution in [0.25, 0.3) is 0 Å². The summed E-state index contributed by atoms with van der Waals surface area (Å²) < 4.78 is 0. The van der Waals surface area contributed by atoms with E-state index in [0.29, 0.717) is 0 Å². The van der Waals surface area contributed by atoms with Crippen molar-refractivity contribution in [3.8, 4) is 0 Å². The Morgan fingerprint density at radius 3 is 2.50 bits per heavy atom.